The van der Waals surface area contributed by atoms with Gasteiger partial charge in [-0.2, -0.15) is 0 Å². The number of carbonyl (C=O) groups is 1. The molecule has 1 aromatic heterocycles. The Labute approximate surface area is 131 Å². The maximum absolute atomic E-state index is 11.5. The largest absolute Gasteiger partial charge is 0.444 e. The standard InChI is InChI=1S/C15H17BrN2O3/c1-15(2,3)21-14(19)18-9-13-17-8-12(20-13)10-5-4-6-11(16)7-10/h4-8H,9H2,1-3H3,(H,18,19). The highest BCUT2D eigenvalue weighted by atomic mass is 79.9. The zero-order valence-corrected chi connectivity index (χ0v) is 13.7. The second-order valence-corrected chi connectivity index (χ2v) is 6.40. The molecular weight excluding hydrogens is 336 g/mol. The number of halogens is 1. The Bertz CT molecular complexity index is 632. The van der Waals surface area contributed by atoms with E-state index in [-0.39, 0.29) is 6.54 Å². The average Bonchev–Trinajstić information content (AvgIpc) is 2.83. The van der Waals surface area contributed by atoms with Crippen molar-refractivity contribution in [2.75, 3.05) is 0 Å². The van der Waals surface area contributed by atoms with E-state index in [0.717, 1.165) is 10.0 Å². The summed E-state index contributed by atoms with van der Waals surface area (Å²) in [5, 5.41) is 2.60. The Kier molecular flexibility index (Phi) is 4.67. The lowest BCUT2D eigenvalue weighted by Gasteiger charge is -2.19. The van der Waals surface area contributed by atoms with Crippen LogP contribution < -0.4 is 5.32 Å². The zero-order chi connectivity index (χ0) is 15.5. The van der Waals surface area contributed by atoms with E-state index in [4.69, 9.17) is 9.15 Å². The molecular formula is C15H17BrN2O3. The van der Waals surface area contributed by atoms with Gasteiger partial charge < -0.3 is 14.5 Å². The molecule has 1 amide bonds. The van der Waals surface area contributed by atoms with Crippen LogP contribution in [-0.2, 0) is 11.3 Å². The third-order valence-corrected chi connectivity index (χ3v) is 2.94. The topological polar surface area (TPSA) is 64.4 Å². The summed E-state index contributed by atoms with van der Waals surface area (Å²) < 4.78 is 11.7. The van der Waals surface area contributed by atoms with Gasteiger partial charge in [0.05, 0.1) is 12.7 Å². The molecule has 0 saturated carbocycles. The molecule has 2 aromatic rings. The lowest BCUT2D eigenvalue weighted by atomic mass is 10.2. The molecule has 0 atom stereocenters. The van der Waals surface area contributed by atoms with E-state index in [1.54, 1.807) is 6.20 Å². The van der Waals surface area contributed by atoms with Crippen molar-refractivity contribution >= 4 is 22.0 Å². The molecule has 0 aliphatic heterocycles. The van der Waals surface area contributed by atoms with Crippen LogP contribution >= 0.6 is 15.9 Å². The van der Waals surface area contributed by atoms with E-state index in [1.807, 2.05) is 45.0 Å². The van der Waals surface area contributed by atoms with Crippen molar-refractivity contribution in [1.29, 1.82) is 0 Å². The molecule has 0 spiro atoms. The smallest absolute Gasteiger partial charge is 0.408 e. The zero-order valence-electron chi connectivity index (χ0n) is 12.1. The van der Waals surface area contributed by atoms with Crippen LogP contribution in [0.5, 0.6) is 0 Å². The number of oxazole rings is 1. The summed E-state index contributed by atoms with van der Waals surface area (Å²) in [5.74, 6) is 1.08. The summed E-state index contributed by atoms with van der Waals surface area (Å²) in [6.07, 6.45) is 1.14. The van der Waals surface area contributed by atoms with Gasteiger partial charge in [-0.05, 0) is 32.9 Å². The highest BCUT2D eigenvalue weighted by Gasteiger charge is 2.16. The monoisotopic (exact) mass is 352 g/mol. The van der Waals surface area contributed by atoms with Crippen molar-refractivity contribution in [2.24, 2.45) is 0 Å². The summed E-state index contributed by atoms with van der Waals surface area (Å²) in [6, 6.07) is 7.72. The molecule has 0 saturated heterocycles. The molecule has 1 N–H and O–H groups in total. The van der Waals surface area contributed by atoms with E-state index >= 15 is 0 Å². The average molecular weight is 353 g/mol. The molecule has 0 unspecified atom stereocenters. The minimum atomic E-state index is -0.526. The van der Waals surface area contributed by atoms with Gasteiger partial charge in [0, 0.05) is 10.0 Å². The Balaban J connectivity index is 1.96. The van der Waals surface area contributed by atoms with E-state index < -0.39 is 11.7 Å². The van der Waals surface area contributed by atoms with Crippen molar-refractivity contribution in [2.45, 2.75) is 32.9 Å². The lowest BCUT2D eigenvalue weighted by molar-refractivity contribution is 0.0519. The van der Waals surface area contributed by atoms with E-state index in [2.05, 4.69) is 26.2 Å². The first-order chi connectivity index (χ1) is 9.83. The number of benzene rings is 1. The highest BCUT2D eigenvalue weighted by Crippen LogP contribution is 2.23. The summed E-state index contributed by atoms with van der Waals surface area (Å²) in [7, 11) is 0. The molecule has 0 aliphatic rings. The Morgan fingerprint density at radius 3 is 2.86 bits per heavy atom. The number of nitrogens with one attached hydrogen (secondary N) is 1. The summed E-state index contributed by atoms with van der Waals surface area (Å²) in [5.41, 5.74) is 0.391. The molecule has 0 radical (unpaired) electrons. The molecule has 6 heteroatoms. The third kappa shape index (κ3) is 4.90. The van der Waals surface area contributed by atoms with Crippen molar-refractivity contribution in [3.05, 3.63) is 40.8 Å². The first kappa shape index (κ1) is 15.6. The highest BCUT2D eigenvalue weighted by molar-refractivity contribution is 9.10. The Hall–Kier alpha value is -1.82. The molecule has 0 aliphatic carbocycles. The summed E-state index contributed by atoms with van der Waals surface area (Å²) >= 11 is 3.41. The van der Waals surface area contributed by atoms with Gasteiger partial charge in [-0.25, -0.2) is 9.78 Å². The van der Waals surface area contributed by atoms with Gasteiger partial charge in [-0.1, -0.05) is 28.1 Å². The second kappa shape index (κ2) is 6.30. The van der Waals surface area contributed by atoms with Crippen LogP contribution in [0.1, 0.15) is 26.7 Å². The Morgan fingerprint density at radius 1 is 1.43 bits per heavy atom. The number of nitrogens with zero attached hydrogens (tertiary/aromatic N) is 1. The number of alkyl carbamates (subject to hydrolysis) is 1. The van der Waals surface area contributed by atoms with Crippen LogP contribution in [-0.4, -0.2) is 16.7 Å². The maximum Gasteiger partial charge on any atom is 0.408 e. The third-order valence-electron chi connectivity index (χ3n) is 2.45. The summed E-state index contributed by atoms with van der Waals surface area (Å²) in [6.45, 7) is 5.61. The normalized spacial score (nSPS) is 11.2. The molecule has 1 heterocycles. The van der Waals surface area contributed by atoms with E-state index in [1.165, 1.54) is 0 Å². The predicted molar refractivity (Wildman–Crippen MR) is 82.7 cm³/mol. The van der Waals surface area contributed by atoms with Crippen LogP contribution in [0.2, 0.25) is 0 Å². The first-order valence-electron chi connectivity index (χ1n) is 6.51. The number of ether oxygens (including phenoxy) is 1. The van der Waals surface area contributed by atoms with Gasteiger partial charge in [-0.3, -0.25) is 0 Å². The molecule has 112 valence electrons. The van der Waals surface area contributed by atoms with Crippen LogP contribution in [0.15, 0.2) is 39.4 Å². The van der Waals surface area contributed by atoms with Crippen molar-refractivity contribution in [3.8, 4) is 11.3 Å². The molecule has 0 fully saturated rings. The van der Waals surface area contributed by atoms with Gasteiger partial charge in [0.2, 0.25) is 5.89 Å². The number of carbonyl (C=O) groups excluding carboxylic acids is 1. The van der Waals surface area contributed by atoms with Gasteiger partial charge >= 0.3 is 6.09 Å². The van der Waals surface area contributed by atoms with Crippen LogP contribution in [0, 0.1) is 0 Å². The van der Waals surface area contributed by atoms with E-state index in [9.17, 15) is 4.79 Å². The van der Waals surface area contributed by atoms with Crippen molar-refractivity contribution in [1.82, 2.24) is 10.3 Å². The van der Waals surface area contributed by atoms with Gasteiger partial charge in [0.15, 0.2) is 5.76 Å². The minimum absolute atomic E-state index is 0.183. The lowest BCUT2D eigenvalue weighted by Crippen LogP contribution is -2.32. The van der Waals surface area contributed by atoms with Crippen LogP contribution in [0.25, 0.3) is 11.3 Å². The fraction of sp³-hybridized carbons (Fsp3) is 0.333. The molecule has 0 bridgehead atoms. The van der Waals surface area contributed by atoms with Gasteiger partial charge in [0.25, 0.3) is 0 Å². The maximum atomic E-state index is 11.5. The number of hydrogen-bond acceptors (Lipinski definition) is 4. The Morgan fingerprint density at radius 2 is 2.19 bits per heavy atom. The second-order valence-electron chi connectivity index (χ2n) is 5.48. The number of hydrogen-bond donors (Lipinski definition) is 1. The number of aromatic nitrogens is 1. The van der Waals surface area contributed by atoms with Crippen molar-refractivity contribution in [3.63, 3.8) is 0 Å². The number of rotatable bonds is 3. The SMILES string of the molecule is CC(C)(C)OC(=O)NCc1ncc(-c2cccc(Br)c2)o1. The first-order valence-corrected chi connectivity index (χ1v) is 7.30. The van der Waals surface area contributed by atoms with Gasteiger partial charge in [0.1, 0.15) is 5.60 Å². The number of amides is 1. The van der Waals surface area contributed by atoms with Gasteiger partial charge in [-0.15, -0.1) is 0 Å². The molecule has 2 rings (SSSR count). The molecule has 1 aromatic carbocycles. The molecule has 21 heavy (non-hydrogen) atoms. The van der Waals surface area contributed by atoms with Crippen LogP contribution in [0.4, 0.5) is 4.79 Å². The van der Waals surface area contributed by atoms with E-state index in [0.29, 0.717) is 11.7 Å². The fourth-order valence-electron chi connectivity index (χ4n) is 1.63. The molecule has 5 nitrogen and oxygen atoms in total. The predicted octanol–water partition coefficient (Wildman–Crippen LogP) is 4.13. The van der Waals surface area contributed by atoms with Crippen molar-refractivity contribution < 1.29 is 13.9 Å². The quantitative estimate of drug-likeness (QED) is 0.901. The summed E-state index contributed by atoms with van der Waals surface area (Å²) in [4.78, 5) is 15.7. The van der Waals surface area contributed by atoms with Crippen LogP contribution in [0.3, 0.4) is 0 Å². The minimum Gasteiger partial charge on any atom is -0.444 e. The fourth-order valence-corrected chi connectivity index (χ4v) is 2.03.